The first-order valence-corrected chi connectivity index (χ1v) is 10.0. The van der Waals surface area contributed by atoms with Gasteiger partial charge in [0.15, 0.2) is 0 Å². The normalized spacial score (nSPS) is 15.1. The predicted octanol–water partition coefficient (Wildman–Crippen LogP) is 4.42. The van der Waals surface area contributed by atoms with E-state index in [1.807, 2.05) is 25.5 Å². The van der Waals surface area contributed by atoms with Gasteiger partial charge in [0.1, 0.15) is 17.3 Å². The zero-order valence-corrected chi connectivity index (χ0v) is 16.6. The summed E-state index contributed by atoms with van der Waals surface area (Å²) in [4.78, 5) is 9.43. The van der Waals surface area contributed by atoms with E-state index in [9.17, 15) is 4.39 Å². The Labute approximate surface area is 169 Å². The molecule has 0 saturated heterocycles. The Kier molecular flexibility index (Phi) is 4.43. The highest BCUT2D eigenvalue weighted by molar-refractivity contribution is 5.66. The second-order valence-corrected chi connectivity index (χ2v) is 7.94. The number of aryl methyl sites for hydroxylation is 2. The molecule has 5 nitrogen and oxygen atoms in total. The predicted molar refractivity (Wildman–Crippen MR) is 111 cm³/mol. The van der Waals surface area contributed by atoms with Gasteiger partial charge in [0.05, 0.1) is 17.4 Å². The SMILES string of the molecule is Cc1ccc2nc(-c3ccc(F)cc3)c(CNC(c3nccn3C)C3CC3)n2c1. The molecule has 1 saturated carbocycles. The number of aromatic nitrogens is 4. The summed E-state index contributed by atoms with van der Waals surface area (Å²) in [6.45, 7) is 2.74. The van der Waals surface area contributed by atoms with Gasteiger partial charge in [0, 0.05) is 37.7 Å². The maximum atomic E-state index is 13.5. The number of benzene rings is 1. The maximum Gasteiger partial charge on any atom is 0.137 e. The van der Waals surface area contributed by atoms with Crippen LogP contribution in [0.15, 0.2) is 55.0 Å². The molecule has 1 aliphatic rings. The fourth-order valence-electron chi connectivity index (χ4n) is 3.99. The average molecular weight is 389 g/mol. The van der Waals surface area contributed by atoms with Crippen molar-refractivity contribution in [3.8, 4) is 11.3 Å². The van der Waals surface area contributed by atoms with Gasteiger partial charge >= 0.3 is 0 Å². The number of fused-ring (bicyclic) bond motifs is 1. The van der Waals surface area contributed by atoms with Crippen LogP contribution in [0, 0.1) is 18.7 Å². The van der Waals surface area contributed by atoms with Crippen LogP contribution in [0.4, 0.5) is 4.39 Å². The van der Waals surface area contributed by atoms with Crippen molar-refractivity contribution in [1.82, 2.24) is 24.3 Å². The summed E-state index contributed by atoms with van der Waals surface area (Å²) in [5.41, 5.74) is 4.95. The Morgan fingerprint density at radius 3 is 2.66 bits per heavy atom. The number of nitrogens with one attached hydrogen (secondary N) is 1. The van der Waals surface area contributed by atoms with Gasteiger partial charge in [-0.1, -0.05) is 6.07 Å². The lowest BCUT2D eigenvalue weighted by atomic mass is 10.1. The lowest BCUT2D eigenvalue weighted by Crippen LogP contribution is -2.26. The summed E-state index contributed by atoms with van der Waals surface area (Å²) in [7, 11) is 2.04. The van der Waals surface area contributed by atoms with E-state index >= 15 is 0 Å². The van der Waals surface area contributed by atoms with Crippen molar-refractivity contribution >= 4 is 5.65 Å². The minimum atomic E-state index is -0.239. The van der Waals surface area contributed by atoms with Crippen LogP contribution >= 0.6 is 0 Å². The first-order chi connectivity index (χ1) is 14.1. The molecule has 1 unspecified atom stereocenters. The monoisotopic (exact) mass is 389 g/mol. The number of pyridine rings is 1. The van der Waals surface area contributed by atoms with Crippen LogP contribution in [-0.4, -0.2) is 18.9 Å². The smallest absolute Gasteiger partial charge is 0.137 e. The van der Waals surface area contributed by atoms with Gasteiger partial charge in [0.2, 0.25) is 0 Å². The lowest BCUT2D eigenvalue weighted by molar-refractivity contribution is 0.443. The number of hydrogen-bond donors (Lipinski definition) is 1. The molecule has 0 spiro atoms. The van der Waals surface area contributed by atoms with Crippen molar-refractivity contribution < 1.29 is 4.39 Å². The Bertz CT molecular complexity index is 1150. The highest BCUT2D eigenvalue weighted by Gasteiger charge is 2.34. The molecule has 0 aliphatic heterocycles. The van der Waals surface area contributed by atoms with Gasteiger partial charge in [-0.2, -0.15) is 0 Å². The van der Waals surface area contributed by atoms with E-state index in [4.69, 9.17) is 4.98 Å². The molecule has 0 radical (unpaired) electrons. The summed E-state index contributed by atoms with van der Waals surface area (Å²) >= 11 is 0. The standard InChI is InChI=1S/C23H24FN5/c1-15-3-10-20-27-21(16-6-8-18(24)9-7-16)19(29(20)14-15)13-26-22(17-4-5-17)23-25-11-12-28(23)2/h3,6-12,14,17,22,26H,4-5,13H2,1-2H3. The molecule has 0 bridgehead atoms. The van der Waals surface area contributed by atoms with Crippen molar-refractivity contribution in [1.29, 1.82) is 0 Å². The minimum Gasteiger partial charge on any atom is -0.337 e. The molecule has 6 heteroatoms. The molecule has 5 rings (SSSR count). The summed E-state index contributed by atoms with van der Waals surface area (Å²) in [5, 5.41) is 3.74. The van der Waals surface area contributed by atoms with Crippen molar-refractivity contribution in [2.24, 2.45) is 13.0 Å². The molecule has 3 aromatic heterocycles. The zero-order chi connectivity index (χ0) is 20.0. The zero-order valence-electron chi connectivity index (χ0n) is 16.6. The fourth-order valence-corrected chi connectivity index (χ4v) is 3.99. The molecular weight excluding hydrogens is 365 g/mol. The van der Waals surface area contributed by atoms with Crippen molar-refractivity contribution in [2.45, 2.75) is 32.4 Å². The molecule has 0 amide bonds. The molecule has 29 heavy (non-hydrogen) atoms. The first kappa shape index (κ1) is 18.1. The lowest BCUT2D eigenvalue weighted by Gasteiger charge is -2.18. The van der Waals surface area contributed by atoms with Crippen LogP contribution in [-0.2, 0) is 13.6 Å². The summed E-state index contributed by atoms with van der Waals surface area (Å²) in [6.07, 6.45) is 8.41. The highest BCUT2D eigenvalue weighted by Crippen LogP contribution is 2.40. The molecule has 148 valence electrons. The highest BCUT2D eigenvalue weighted by atomic mass is 19.1. The van der Waals surface area contributed by atoms with Crippen LogP contribution in [0.1, 0.15) is 36.0 Å². The van der Waals surface area contributed by atoms with Gasteiger partial charge in [-0.15, -0.1) is 0 Å². The number of halogens is 1. The van der Waals surface area contributed by atoms with E-state index in [-0.39, 0.29) is 11.9 Å². The molecule has 1 atom stereocenters. The van der Waals surface area contributed by atoms with Crippen molar-refractivity contribution in [2.75, 3.05) is 0 Å². The number of hydrogen-bond acceptors (Lipinski definition) is 3. The molecule has 1 aliphatic carbocycles. The summed E-state index contributed by atoms with van der Waals surface area (Å²) < 4.78 is 17.7. The molecule has 1 fully saturated rings. The number of nitrogens with zero attached hydrogens (tertiary/aromatic N) is 4. The molecule has 1 N–H and O–H groups in total. The molecule has 4 aromatic rings. The van der Waals surface area contributed by atoms with Crippen molar-refractivity contribution in [3.63, 3.8) is 0 Å². The molecular formula is C23H24FN5. The fraction of sp³-hybridized carbons (Fsp3) is 0.304. The second kappa shape index (κ2) is 7.12. The quantitative estimate of drug-likeness (QED) is 0.531. The van der Waals surface area contributed by atoms with Crippen LogP contribution in [0.2, 0.25) is 0 Å². The van der Waals surface area contributed by atoms with E-state index < -0.39 is 0 Å². The van der Waals surface area contributed by atoms with Gasteiger partial charge in [-0.25, -0.2) is 14.4 Å². The number of imidazole rings is 2. The van der Waals surface area contributed by atoms with Crippen LogP contribution in [0.5, 0.6) is 0 Å². The van der Waals surface area contributed by atoms with Crippen molar-refractivity contribution in [3.05, 3.63) is 77.9 Å². The Morgan fingerprint density at radius 2 is 1.97 bits per heavy atom. The number of rotatable bonds is 6. The van der Waals surface area contributed by atoms with Crippen LogP contribution in [0.25, 0.3) is 16.9 Å². The van der Waals surface area contributed by atoms with Gasteiger partial charge in [0.25, 0.3) is 0 Å². The third kappa shape index (κ3) is 3.44. The van der Waals surface area contributed by atoms with Gasteiger partial charge in [-0.05, 0) is 61.6 Å². The van der Waals surface area contributed by atoms with E-state index in [2.05, 4.69) is 38.5 Å². The van der Waals surface area contributed by atoms with E-state index in [1.54, 1.807) is 12.1 Å². The maximum absolute atomic E-state index is 13.5. The largest absolute Gasteiger partial charge is 0.337 e. The Balaban J connectivity index is 1.54. The third-order valence-electron chi connectivity index (χ3n) is 5.70. The van der Waals surface area contributed by atoms with E-state index in [1.165, 1.54) is 30.5 Å². The summed E-state index contributed by atoms with van der Waals surface area (Å²) in [5.74, 6) is 1.45. The van der Waals surface area contributed by atoms with E-state index in [0.717, 1.165) is 28.4 Å². The first-order valence-electron chi connectivity index (χ1n) is 10.0. The summed E-state index contributed by atoms with van der Waals surface area (Å²) in [6, 6.07) is 10.9. The van der Waals surface area contributed by atoms with E-state index in [0.29, 0.717) is 12.5 Å². The Morgan fingerprint density at radius 1 is 1.17 bits per heavy atom. The topological polar surface area (TPSA) is 47.2 Å². The average Bonchev–Trinajstić information content (AvgIpc) is 3.37. The van der Waals surface area contributed by atoms with Gasteiger partial charge < -0.3 is 14.3 Å². The van der Waals surface area contributed by atoms with Crippen LogP contribution < -0.4 is 5.32 Å². The minimum absolute atomic E-state index is 0.214. The van der Waals surface area contributed by atoms with Crippen LogP contribution in [0.3, 0.4) is 0 Å². The Hall–Kier alpha value is -2.99. The second-order valence-electron chi connectivity index (χ2n) is 7.94. The molecule has 3 heterocycles. The third-order valence-corrected chi connectivity index (χ3v) is 5.70. The molecule has 1 aromatic carbocycles. The van der Waals surface area contributed by atoms with Gasteiger partial charge in [-0.3, -0.25) is 0 Å².